The summed E-state index contributed by atoms with van der Waals surface area (Å²) in [6.07, 6.45) is 0.175. The van der Waals surface area contributed by atoms with E-state index in [2.05, 4.69) is 5.32 Å². The molecule has 0 aromatic heterocycles. The van der Waals surface area contributed by atoms with Gasteiger partial charge in [-0.1, -0.05) is 0 Å². The summed E-state index contributed by atoms with van der Waals surface area (Å²) in [6.45, 7) is 0.690. The Morgan fingerprint density at radius 1 is 1.29 bits per heavy atom. The van der Waals surface area contributed by atoms with Crippen LogP contribution in [0.25, 0.3) is 0 Å². The number of nitrogens with one attached hydrogen (secondary N) is 1. The molecule has 2 N–H and O–H groups in total. The summed E-state index contributed by atoms with van der Waals surface area (Å²) >= 11 is 0. The molecule has 1 aromatic carbocycles. The van der Waals surface area contributed by atoms with E-state index >= 15 is 0 Å². The van der Waals surface area contributed by atoms with Gasteiger partial charge in [0.1, 0.15) is 5.82 Å². The second kappa shape index (κ2) is 6.10. The summed E-state index contributed by atoms with van der Waals surface area (Å²) in [7, 11) is 1.42. The summed E-state index contributed by atoms with van der Waals surface area (Å²) < 4.78 is 14.2. The zero-order valence-corrected chi connectivity index (χ0v) is 13.2. The molecular weight excluding hydrogens is 317 g/mol. The van der Waals surface area contributed by atoms with E-state index in [1.165, 1.54) is 24.1 Å². The third-order valence-corrected chi connectivity index (χ3v) is 4.61. The first-order valence-electron chi connectivity index (χ1n) is 7.76. The molecule has 0 spiro atoms. The van der Waals surface area contributed by atoms with Gasteiger partial charge in [0.15, 0.2) is 0 Å². The number of nitrogens with zero attached hydrogens (tertiary/aromatic N) is 2. The number of amides is 3. The average Bonchev–Trinajstić information content (AvgIpc) is 2.88. The molecule has 3 amide bonds. The first kappa shape index (κ1) is 16.2. The fraction of sp³-hybridized carbons (Fsp3) is 0.438. The van der Waals surface area contributed by atoms with Crippen molar-refractivity contribution in [3.8, 4) is 0 Å². The molecule has 2 aliphatic heterocycles. The summed E-state index contributed by atoms with van der Waals surface area (Å²) in [4.78, 5) is 37.9. The van der Waals surface area contributed by atoms with Crippen molar-refractivity contribution in [1.29, 1.82) is 0 Å². The second-order valence-corrected chi connectivity index (χ2v) is 5.98. The van der Waals surface area contributed by atoms with Crippen molar-refractivity contribution in [2.45, 2.75) is 25.3 Å². The molecule has 0 radical (unpaired) electrons. The van der Waals surface area contributed by atoms with Crippen molar-refractivity contribution < 1.29 is 23.9 Å². The summed E-state index contributed by atoms with van der Waals surface area (Å²) in [5.41, 5.74) is 1.03. The number of rotatable bonds is 2. The highest BCUT2D eigenvalue weighted by Gasteiger charge is 2.36. The monoisotopic (exact) mass is 335 g/mol. The Balaban J connectivity index is 1.86. The van der Waals surface area contributed by atoms with Crippen LogP contribution in [0.2, 0.25) is 0 Å². The number of anilines is 1. The zero-order valence-electron chi connectivity index (χ0n) is 13.2. The molecule has 0 atom stereocenters. The molecule has 0 saturated carbocycles. The maximum absolute atomic E-state index is 14.2. The standard InChI is InChI=1S/C16H18FN3O4/c1-18-15(22)11-6-9-7-14(21)20(13(9)8-12(11)17)10-2-4-19(5-3-10)16(23)24/h6,8,10H,2-5,7H2,1H3,(H,18,22)(H,23,24). The van der Waals surface area contributed by atoms with Crippen molar-refractivity contribution in [2.75, 3.05) is 25.0 Å². The second-order valence-electron chi connectivity index (χ2n) is 5.98. The van der Waals surface area contributed by atoms with Gasteiger partial charge >= 0.3 is 6.09 Å². The molecule has 2 aliphatic rings. The first-order chi connectivity index (χ1) is 11.4. The Hall–Kier alpha value is -2.64. The van der Waals surface area contributed by atoms with Crippen LogP contribution in [0.3, 0.4) is 0 Å². The van der Waals surface area contributed by atoms with Crippen molar-refractivity contribution in [1.82, 2.24) is 10.2 Å². The molecule has 0 unspecified atom stereocenters. The van der Waals surface area contributed by atoms with Crippen LogP contribution in [0.1, 0.15) is 28.8 Å². The summed E-state index contributed by atoms with van der Waals surface area (Å²) in [6, 6.07) is 2.50. The minimum absolute atomic E-state index is 0.0772. The lowest BCUT2D eigenvalue weighted by atomic mass is 10.0. The molecule has 0 bridgehead atoms. The zero-order chi connectivity index (χ0) is 17.4. The Labute approximate surface area is 138 Å². The molecule has 1 saturated heterocycles. The van der Waals surface area contributed by atoms with Gasteiger partial charge in [-0.15, -0.1) is 0 Å². The smallest absolute Gasteiger partial charge is 0.407 e. The van der Waals surface area contributed by atoms with E-state index in [1.54, 1.807) is 4.90 Å². The quantitative estimate of drug-likeness (QED) is 0.850. The molecular formula is C16H18FN3O4. The first-order valence-corrected chi connectivity index (χ1v) is 7.76. The number of hydrogen-bond acceptors (Lipinski definition) is 3. The summed E-state index contributed by atoms with van der Waals surface area (Å²) in [5.74, 6) is -1.35. The molecule has 128 valence electrons. The van der Waals surface area contributed by atoms with E-state index in [-0.39, 0.29) is 23.9 Å². The van der Waals surface area contributed by atoms with Gasteiger partial charge in [-0.25, -0.2) is 9.18 Å². The minimum atomic E-state index is -0.970. The highest BCUT2D eigenvalue weighted by molar-refractivity contribution is 6.04. The predicted octanol–water partition coefficient (Wildman–Crippen LogP) is 1.22. The predicted molar refractivity (Wildman–Crippen MR) is 83.6 cm³/mol. The van der Waals surface area contributed by atoms with Crippen molar-refractivity contribution >= 4 is 23.6 Å². The number of carboxylic acid groups (broad SMARTS) is 1. The highest BCUT2D eigenvalue weighted by Crippen LogP contribution is 2.35. The third kappa shape index (κ3) is 2.68. The lowest BCUT2D eigenvalue weighted by molar-refractivity contribution is -0.118. The van der Waals surface area contributed by atoms with Gasteiger partial charge in [0, 0.05) is 26.2 Å². The van der Waals surface area contributed by atoms with Crippen molar-refractivity contribution in [3.05, 3.63) is 29.1 Å². The topological polar surface area (TPSA) is 90.0 Å². The normalized spacial score (nSPS) is 17.8. The number of likely N-dealkylation sites (tertiary alicyclic amines) is 1. The van der Waals surface area contributed by atoms with Crippen molar-refractivity contribution in [2.24, 2.45) is 0 Å². The number of carbonyl (C=O) groups is 3. The fourth-order valence-electron chi connectivity index (χ4n) is 3.38. The SMILES string of the molecule is CNC(=O)c1cc2c(cc1F)N(C1CCN(C(=O)O)CC1)C(=O)C2. The van der Waals surface area contributed by atoms with Gasteiger partial charge in [-0.3, -0.25) is 9.59 Å². The Morgan fingerprint density at radius 3 is 2.54 bits per heavy atom. The van der Waals surface area contributed by atoms with E-state index in [0.29, 0.717) is 37.2 Å². The fourth-order valence-corrected chi connectivity index (χ4v) is 3.38. The van der Waals surface area contributed by atoms with Gasteiger partial charge in [0.2, 0.25) is 5.91 Å². The molecule has 1 fully saturated rings. The average molecular weight is 335 g/mol. The number of halogens is 1. The Morgan fingerprint density at radius 2 is 1.96 bits per heavy atom. The van der Waals surface area contributed by atoms with Crippen molar-refractivity contribution in [3.63, 3.8) is 0 Å². The molecule has 24 heavy (non-hydrogen) atoms. The maximum atomic E-state index is 14.2. The van der Waals surface area contributed by atoms with Crippen LogP contribution in [0.15, 0.2) is 12.1 Å². The molecule has 3 rings (SSSR count). The van der Waals surface area contributed by atoms with Crippen LogP contribution >= 0.6 is 0 Å². The van der Waals surface area contributed by atoms with Gasteiger partial charge < -0.3 is 20.2 Å². The van der Waals surface area contributed by atoms with E-state index < -0.39 is 17.8 Å². The van der Waals surface area contributed by atoms with Gasteiger partial charge in [0.05, 0.1) is 17.7 Å². The lowest BCUT2D eigenvalue weighted by Gasteiger charge is -2.35. The van der Waals surface area contributed by atoms with Gasteiger partial charge in [0.25, 0.3) is 5.91 Å². The maximum Gasteiger partial charge on any atom is 0.407 e. The Bertz CT molecular complexity index is 714. The highest BCUT2D eigenvalue weighted by atomic mass is 19.1. The molecule has 0 aliphatic carbocycles. The van der Waals surface area contributed by atoms with Gasteiger partial charge in [-0.05, 0) is 30.5 Å². The minimum Gasteiger partial charge on any atom is -0.465 e. The Kier molecular flexibility index (Phi) is 4.13. The lowest BCUT2D eigenvalue weighted by Crippen LogP contribution is -2.47. The van der Waals surface area contributed by atoms with Crippen LogP contribution < -0.4 is 10.2 Å². The van der Waals surface area contributed by atoms with Crippen LogP contribution in [-0.2, 0) is 11.2 Å². The number of carbonyl (C=O) groups excluding carboxylic acids is 2. The van der Waals surface area contributed by atoms with Crippen LogP contribution in [0, 0.1) is 5.82 Å². The van der Waals surface area contributed by atoms with Crippen LogP contribution in [0.5, 0.6) is 0 Å². The van der Waals surface area contributed by atoms with E-state index in [0.717, 1.165) is 0 Å². The largest absolute Gasteiger partial charge is 0.465 e. The number of hydrogen-bond donors (Lipinski definition) is 2. The number of piperidine rings is 1. The molecule has 7 nitrogen and oxygen atoms in total. The van der Waals surface area contributed by atoms with Gasteiger partial charge in [-0.2, -0.15) is 0 Å². The van der Waals surface area contributed by atoms with Crippen LogP contribution in [0.4, 0.5) is 14.9 Å². The van der Waals surface area contributed by atoms with E-state index in [9.17, 15) is 18.8 Å². The number of fused-ring (bicyclic) bond motifs is 1. The van der Waals surface area contributed by atoms with Crippen LogP contribution in [-0.4, -0.2) is 54.1 Å². The summed E-state index contributed by atoms with van der Waals surface area (Å²) in [5, 5.41) is 11.4. The molecule has 1 aromatic rings. The van der Waals surface area contributed by atoms with E-state index in [4.69, 9.17) is 5.11 Å². The molecule has 8 heteroatoms. The third-order valence-electron chi connectivity index (χ3n) is 4.61. The number of benzene rings is 1. The van der Waals surface area contributed by atoms with E-state index in [1.807, 2.05) is 0 Å². The molecule has 2 heterocycles.